The molecule has 2 aliphatic rings. The van der Waals surface area contributed by atoms with Gasteiger partial charge in [0.15, 0.2) is 0 Å². The number of aryl methyl sites for hydroxylation is 1. The van der Waals surface area contributed by atoms with Crippen LogP contribution >= 0.6 is 0 Å². The molecule has 0 amide bonds. The van der Waals surface area contributed by atoms with Gasteiger partial charge in [-0.1, -0.05) is 6.42 Å². The first kappa shape index (κ1) is 10.3. The molecule has 1 aromatic rings. The second-order valence-corrected chi connectivity index (χ2v) is 5.54. The van der Waals surface area contributed by atoms with Crippen molar-refractivity contribution in [3.05, 3.63) is 18.0 Å². The van der Waals surface area contributed by atoms with E-state index in [0.717, 1.165) is 12.5 Å². The van der Waals surface area contributed by atoms with E-state index in [4.69, 9.17) is 0 Å². The second-order valence-electron chi connectivity index (χ2n) is 5.54. The lowest BCUT2D eigenvalue weighted by Gasteiger charge is -2.43. The standard InChI is InChI=1S/C13H21N3/c1-16-12(5-8-15-16)9-14-10-13(6-2-7-13)11-3-4-11/h5,8,11,14H,2-4,6-7,9-10H2,1H3. The number of hydrogen-bond acceptors (Lipinski definition) is 2. The van der Waals surface area contributed by atoms with E-state index in [0.29, 0.717) is 5.41 Å². The van der Waals surface area contributed by atoms with Crippen molar-refractivity contribution < 1.29 is 0 Å². The highest BCUT2D eigenvalue weighted by Crippen LogP contribution is 2.56. The van der Waals surface area contributed by atoms with Crippen LogP contribution in [0.5, 0.6) is 0 Å². The van der Waals surface area contributed by atoms with E-state index in [1.54, 1.807) is 0 Å². The van der Waals surface area contributed by atoms with Crippen LogP contribution in [0.15, 0.2) is 12.3 Å². The van der Waals surface area contributed by atoms with Gasteiger partial charge in [-0.2, -0.15) is 5.10 Å². The molecule has 2 fully saturated rings. The molecule has 3 heteroatoms. The molecule has 1 N–H and O–H groups in total. The van der Waals surface area contributed by atoms with Gasteiger partial charge >= 0.3 is 0 Å². The van der Waals surface area contributed by atoms with Gasteiger partial charge in [-0.3, -0.25) is 4.68 Å². The fraction of sp³-hybridized carbons (Fsp3) is 0.769. The molecule has 88 valence electrons. The van der Waals surface area contributed by atoms with Crippen molar-refractivity contribution >= 4 is 0 Å². The third kappa shape index (κ3) is 1.77. The van der Waals surface area contributed by atoms with Crippen molar-refractivity contribution in [1.29, 1.82) is 0 Å². The smallest absolute Gasteiger partial charge is 0.0518 e. The van der Waals surface area contributed by atoms with E-state index in [1.807, 2.05) is 17.9 Å². The molecule has 0 spiro atoms. The molecule has 3 nitrogen and oxygen atoms in total. The van der Waals surface area contributed by atoms with Crippen molar-refractivity contribution in [2.45, 2.75) is 38.6 Å². The number of nitrogens with zero attached hydrogens (tertiary/aromatic N) is 2. The molecule has 3 rings (SSSR count). The first-order chi connectivity index (χ1) is 7.80. The lowest BCUT2D eigenvalue weighted by Crippen LogP contribution is -2.41. The van der Waals surface area contributed by atoms with Crippen LogP contribution in [0.1, 0.15) is 37.8 Å². The van der Waals surface area contributed by atoms with Gasteiger partial charge in [-0.15, -0.1) is 0 Å². The summed E-state index contributed by atoms with van der Waals surface area (Å²) in [6.45, 7) is 2.17. The summed E-state index contributed by atoms with van der Waals surface area (Å²) in [4.78, 5) is 0. The van der Waals surface area contributed by atoms with Gasteiger partial charge in [0, 0.05) is 26.3 Å². The van der Waals surface area contributed by atoms with Crippen molar-refractivity contribution in [1.82, 2.24) is 15.1 Å². The van der Waals surface area contributed by atoms with Crippen LogP contribution in [0.25, 0.3) is 0 Å². The maximum absolute atomic E-state index is 4.19. The zero-order chi connectivity index (χ0) is 11.0. The van der Waals surface area contributed by atoms with Crippen molar-refractivity contribution in [2.24, 2.45) is 18.4 Å². The van der Waals surface area contributed by atoms with Gasteiger partial charge in [0.05, 0.1) is 5.69 Å². The molecule has 2 aliphatic carbocycles. The van der Waals surface area contributed by atoms with E-state index < -0.39 is 0 Å². The minimum absolute atomic E-state index is 0.679. The van der Waals surface area contributed by atoms with Crippen molar-refractivity contribution in [2.75, 3.05) is 6.54 Å². The Morgan fingerprint density at radius 1 is 1.50 bits per heavy atom. The third-order valence-electron chi connectivity index (χ3n) is 4.50. The molecular formula is C13H21N3. The largest absolute Gasteiger partial charge is 0.311 e. The fourth-order valence-electron chi connectivity index (χ4n) is 3.07. The van der Waals surface area contributed by atoms with E-state index >= 15 is 0 Å². The van der Waals surface area contributed by atoms with E-state index in [9.17, 15) is 0 Å². The molecule has 0 unspecified atom stereocenters. The summed E-state index contributed by atoms with van der Waals surface area (Å²) in [7, 11) is 2.01. The number of rotatable bonds is 5. The van der Waals surface area contributed by atoms with Crippen molar-refractivity contribution in [3.63, 3.8) is 0 Å². The Morgan fingerprint density at radius 3 is 2.81 bits per heavy atom. The molecule has 0 atom stereocenters. The summed E-state index contributed by atoms with van der Waals surface area (Å²) < 4.78 is 1.96. The minimum atomic E-state index is 0.679. The molecular weight excluding hydrogens is 198 g/mol. The Hall–Kier alpha value is -0.830. The van der Waals surface area contributed by atoms with Crippen LogP contribution in [-0.2, 0) is 13.6 Å². The highest BCUT2D eigenvalue weighted by molar-refractivity contribution is 5.03. The highest BCUT2D eigenvalue weighted by Gasteiger charge is 2.48. The lowest BCUT2D eigenvalue weighted by molar-refractivity contribution is 0.0984. The maximum Gasteiger partial charge on any atom is 0.0518 e. The first-order valence-electron chi connectivity index (χ1n) is 6.48. The molecule has 1 heterocycles. The lowest BCUT2D eigenvalue weighted by atomic mass is 9.65. The Bertz CT molecular complexity index is 361. The Morgan fingerprint density at radius 2 is 2.31 bits per heavy atom. The highest BCUT2D eigenvalue weighted by atomic mass is 15.3. The monoisotopic (exact) mass is 219 g/mol. The van der Waals surface area contributed by atoms with Crippen LogP contribution in [0.4, 0.5) is 0 Å². The normalized spacial score (nSPS) is 23.1. The quantitative estimate of drug-likeness (QED) is 0.822. The Balaban J connectivity index is 1.51. The van der Waals surface area contributed by atoms with E-state index in [1.165, 1.54) is 44.3 Å². The molecule has 0 saturated heterocycles. The summed E-state index contributed by atoms with van der Waals surface area (Å²) in [6, 6.07) is 2.09. The summed E-state index contributed by atoms with van der Waals surface area (Å²) >= 11 is 0. The molecule has 2 saturated carbocycles. The predicted octanol–water partition coefficient (Wildman–Crippen LogP) is 2.09. The summed E-state index contributed by atoms with van der Waals surface area (Å²) in [6.07, 6.45) is 9.19. The van der Waals surface area contributed by atoms with Gasteiger partial charge in [0.25, 0.3) is 0 Å². The van der Waals surface area contributed by atoms with E-state index in [-0.39, 0.29) is 0 Å². The Kier molecular flexibility index (Phi) is 2.51. The van der Waals surface area contributed by atoms with Crippen LogP contribution < -0.4 is 5.32 Å². The number of aromatic nitrogens is 2. The molecule has 0 bridgehead atoms. The van der Waals surface area contributed by atoms with Gasteiger partial charge in [-0.05, 0) is 43.1 Å². The molecule has 0 radical (unpaired) electrons. The van der Waals surface area contributed by atoms with Gasteiger partial charge in [0.2, 0.25) is 0 Å². The SMILES string of the molecule is Cn1nccc1CNCC1(C2CC2)CCC1. The molecule has 0 aromatic carbocycles. The average molecular weight is 219 g/mol. The maximum atomic E-state index is 4.19. The fourth-order valence-corrected chi connectivity index (χ4v) is 3.07. The Labute approximate surface area is 97.2 Å². The zero-order valence-corrected chi connectivity index (χ0v) is 10.1. The van der Waals surface area contributed by atoms with Gasteiger partial charge in [-0.25, -0.2) is 0 Å². The van der Waals surface area contributed by atoms with Crippen LogP contribution in [-0.4, -0.2) is 16.3 Å². The first-order valence-corrected chi connectivity index (χ1v) is 6.48. The third-order valence-corrected chi connectivity index (χ3v) is 4.50. The van der Waals surface area contributed by atoms with Gasteiger partial charge in [0.1, 0.15) is 0 Å². The number of hydrogen-bond donors (Lipinski definition) is 1. The van der Waals surface area contributed by atoms with E-state index in [2.05, 4.69) is 16.5 Å². The molecule has 1 aromatic heterocycles. The van der Waals surface area contributed by atoms with Crippen LogP contribution in [0.2, 0.25) is 0 Å². The summed E-state index contributed by atoms with van der Waals surface area (Å²) in [5, 5.41) is 7.82. The summed E-state index contributed by atoms with van der Waals surface area (Å²) in [5.74, 6) is 1.04. The van der Waals surface area contributed by atoms with Crippen LogP contribution in [0.3, 0.4) is 0 Å². The predicted molar refractivity (Wildman–Crippen MR) is 63.9 cm³/mol. The van der Waals surface area contributed by atoms with Gasteiger partial charge < -0.3 is 5.32 Å². The molecule has 0 aliphatic heterocycles. The van der Waals surface area contributed by atoms with Crippen molar-refractivity contribution in [3.8, 4) is 0 Å². The zero-order valence-electron chi connectivity index (χ0n) is 10.1. The average Bonchev–Trinajstić information content (AvgIpc) is 2.97. The number of nitrogens with one attached hydrogen (secondary N) is 1. The summed E-state index contributed by atoms with van der Waals surface area (Å²) in [5.41, 5.74) is 1.96. The van der Waals surface area contributed by atoms with Crippen LogP contribution in [0, 0.1) is 11.3 Å². The second kappa shape index (κ2) is 3.88. The minimum Gasteiger partial charge on any atom is -0.311 e. The molecule has 16 heavy (non-hydrogen) atoms. The topological polar surface area (TPSA) is 29.9 Å².